The van der Waals surface area contributed by atoms with Crippen LogP contribution < -0.4 is 5.43 Å². The number of hydrogen-bond donors (Lipinski definition) is 2. The van der Waals surface area contributed by atoms with Gasteiger partial charge in [-0.15, -0.1) is 0 Å². The minimum atomic E-state index is -0.308. The Balaban J connectivity index is 2.10. The average Bonchev–Trinajstić information content (AvgIpc) is 2.75. The molecular weight excluding hydrogens is 256 g/mol. The van der Waals surface area contributed by atoms with Gasteiger partial charge < -0.3 is 9.52 Å². The first-order chi connectivity index (χ1) is 9.47. The number of hydrogen-bond acceptors (Lipinski definition) is 4. The van der Waals surface area contributed by atoms with Crippen molar-refractivity contribution in [2.24, 2.45) is 5.10 Å². The van der Waals surface area contributed by atoms with E-state index in [0.29, 0.717) is 22.8 Å². The van der Waals surface area contributed by atoms with Gasteiger partial charge in [0.15, 0.2) is 0 Å². The van der Waals surface area contributed by atoms with E-state index in [-0.39, 0.29) is 11.7 Å². The van der Waals surface area contributed by atoms with Crippen molar-refractivity contribution < 1.29 is 14.3 Å². The lowest BCUT2D eigenvalue weighted by molar-refractivity contribution is 0.0953. The molecule has 2 N–H and O–H groups in total. The Morgan fingerprint density at radius 2 is 1.90 bits per heavy atom. The van der Waals surface area contributed by atoms with E-state index in [2.05, 4.69) is 10.5 Å². The Kier molecular flexibility index (Phi) is 3.89. The predicted molar refractivity (Wildman–Crippen MR) is 76.0 cm³/mol. The van der Waals surface area contributed by atoms with Crippen LogP contribution in [0.5, 0.6) is 5.75 Å². The number of phenols is 1. The van der Waals surface area contributed by atoms with E-state index in [9.17, 15) is 9.90 Å². The number of nitrogens with zero attached hydrogens (tertiary/aromatic N) is 1. The van der Waals surface area contributed by atoms with Crippen LogP contribution in [0.3, 0.4) is 0 Å². The summed E-state index contributed by atoms with van der Waals surface area (Å²) in [6, 6.07) is 8.27. The quantitative estimate of drug-likeness (QED) is 0.666. The van der Waals surface area contributed by atoms with Gasteiger partial charge in [0.1, 0.15) is 17.3 Å². The van der Waals surface area contributed by atoms with Gasteiger partial charge in [-0.1, -0.05) is 0 Å². The second-order valence-electron chi connectivity index (χ2n) is 4.51. The molecule has 0 aliphatic carbocycles. The lowest BCUT2D eigenvalue weighted by Crippen LogP contribution is -2.19. The molecule has 104 valence electrons. The number of aryl methyl sites for hydroxylation is 2. The Hall–Kier alpha value is -2.56. The van der Waals surface area contributed by atoms with Crippen molar-refractivity contribution in [3.8, 4) is 5.75 Å². The molecule has 2 aromatic rings. The monoisotopic (exact) mass is 272 g/mol. The van der Waals surface area contributed by atoms with Crippen molar-refractivity contribution in [2.75, 3.05) is 0 Å². The summed E-state index contributed by atoms with van der Waals surface area (Å²) in [5.41, 5.74) is 4.44. The Labute approximate surface area is 116 Å². The average molecular weight is 272 g/mol. The lowest BCUT2D eigenvalue weighted by atomic mass is 10.1. The highest BCUT2D eigenvalue weighted by Crippen LogP contribution is 2.13. The predicted octanol–water partition coefficient (Wildman–Crippen LogP) is 2.76. The number of aromatic hydroxyl groups is 1. The molecule has 1 aromatic heterocycles. The Bertz CT molecular complexity index is 654. The van der Waals surface area contributed by atoms with Gasteiger partial charge in [0, 0.05) is 0 Å². The SMILES string of the molecule is C/C(=N/NC(=O)c1cc(C)oc1C)c1ccc(O)cc1. The molecule has 5 heteroatoms. The molecule has 1 aromatic carbocycles. The van der Waals surface area contributed by atoms with E-state index in [4.69, 9.17) is 4.42 Å². The van der Waals surface area contributed by atoms with Crippen LogP contribution in [-0.4, -0.2) is 16.7 Å². The zero-order valence-corrected chi connectivity index (χ0v) is 11.6. The van der Waals surface area contributed by atoms with Gasteiger partial charge in [-0.05, 0) is 56.7 Å². The van der Waals surface area contributed by atoms with Crippen LogP contribution in [0.25, 0.3) is 0 Å². The molecule has 0 saturated carbocycles. The fraction of sp³-hybridized carbons (Fsp3) is 0.200. The van der Waals surface area contributed by atoms with Crippen molar-refractivity contribution in [3.05, 3.63) is 53.0 Å². The number of furan rings is 1. The molecule has 0 saturated heterocycles. The molecule has 0 atom stereocenters. The third-order valence-corrected chi connectivity index (χ3v) is 2.90. The molecular formula is C15H16N2O3. The molecule has 1 heterocycles. The van der Waals surface area contributed by atoms with Gasteiger partial charge in [0.05, 0.1) is 11.3 Å². The third kappa shape index (κ3) is 3.06. The summed E-state index contributed by atoms with van der Waals surface area (Å²) in [7, 11) is 0. The molecule has 5 nitrogen and oxygen atoms in total. The van der Waals surface area contributed by atoms with Gasteiger partial charge >= 0.3 is 0 Å². The minimum absolute atomic E-state index is 0.190. The smallest absolute Gasteiger partial charge is 0.274 e. The number of carbonyl (C=O) groups is 1. The van der Waals surface area contributed by atoms with Gasteiger partial charge in [0.25, 0.3) is 5.91 Å². The molecule has 2 rings (SSSR count). The van der Waals surface area contributed by atoms with Crippen LogP contribution in [0.15, 0.2) is 39.9 Å². The molecule has 0 radical (unpaired) electrons. The first kappa shape index (κ1) is 13.9. The van der Waals surface area contributed by atoms with Crippen LogP contribution in [0, 0.1) is 13.8 Å². The van der Waals surface area contributed by atoms with Gasteiger partial charge in [-0.3, -0.25) is 4.79 Å². The molecule has 0 spiro atoms. The lowest BCUT2D eigenvalue weighted by Gasteiger charge is -2.02. The number of rotatable bonds is 3. The summed E-state index contributed by atoms with van der Waals surface area (Å²) < 4.78 is 5.30. The highest BCUT2D eigenvalue weighted by molar-refractivity contribution is 6.01. The van der Waals surface area contributed by atoms with Crippen LogP contribution in [-0.2, 0) is 0 Å². The first-order valence-corrected chi connectivity index (χ1v) is 6.18. The number of hydrazone groups is 1. The van der Waals surface area contributed by atoms with Crippen LogP contribution in [0.4, 0.5) is 0 Å². The standard InChI is InChI=1S/C15H16N2O3/c1-9-8-14(11(3)20-9)15(19)17-16-10(2)12-4-6-13(18)7-5-12/h4-8,18H,1-3H3,(H,17,19)/b16-10-. The zero-order chi connectivity index (χ0) is 14.7. The van der Waals surface area contributed by atoms with Crippen molar-refractivity contribution in [1.29, 1.82) is 0 Å². The Morgan fingerprint density at radius 1 is 1.25 bits per heavy atom. The van der Waals surface area contributed by atoms with Crippen molar-refractivity contribution in [1.82, 2.24) is 5.43 Å². The van der Waals surface area contributed by atoms with E-state index in [1.54, 1.807) is 51.1 Å². The van der Waals surface area contributed by atoms with E-state index in [1.807, 2.05) is 0 Å². The second-order valence-corrected chi connectivity index (χ2v) is 4.51. The molecule has 0 aliphatic heterocycles. The van der Waals surface area contributed by atoms with Crippen LogP contribution in [0.1, 0.15) is 34.4 Å². The number of benzene rings is 1. The summed E-state index contributed by atoms with van der Waals surface area (Å²) in [6.07, 6.45) is 0. The van der Waals surface area contributed by atoms with E-state index < -0.39 is 0 Å². The van der Waals surface area contributed by atoms with Crippen molar-refractivity contribution in [3.63, 3.8) is 0 Å². The molecule has 0 aliphatic rings. The first-order valence-electron chi connectivity index (χ1n) is 6.18. The highest BCUT2D eigenvalue weighted by Gasteiger charge is 2.12. The second kappa shape index (κ2) is 5.61. The molecule has 0 fully saturated rings. The van der Waals surface area contributed by atoms with E-state index >= 15 is 0 Å². The van der Waals surface area contributed by atoms with Crippen LogP contribution >= 0.6 is 0 Å². The fourth-order valence-electron chi connectivity index (χ4n) is 1.82. The summed E-state index contributed by atoms with van der Waals surface area (Å²) >= 11 is 0. The fourth-order valence-corrected chi connectivity index (χ4v) is 1.82. The molecule has 1 amide bonds. The van der Waals surface area contributed by atoms with Gasteiger partial charge in [-0.25, -0.2) is 5.43 Å². The number of phenolic OH excluding ortho intramolecular Hbond substituents is 1. The number of carbonyl (C=O) groups excluding carboxylic acids is 1. The van der Waals surface area contributed by atoms with Crippen molar-refractivity contribution in [2.45, 2.75) is 20.8 Å². The summed E-state index contributed by atoms with van der Waals surface area (Å²) in [5.74, 6) is 1.14. The normalized spacial score (nSPS) is 11.4. The molecule has 20 heavy (non-hydrogen) atoms. The summed E-state index contributed by atoms with van der Waals surface area (Å²) in [4.78, 5) is 12.0. The largest absolute Gasteiger partial charge is 0.508 e. The third-order valence-electron chi connectivity index (χ3n) is 2.90. The maximum atomic E-state index is 12.0. The van der Waals surface area contributed by atoms with Gasteiger partial charge in [-0.2, -0.15) is 5.10 Å². The van der Waals surface area contributed by atoms with Crippen molar-refractivity contribution >= 4 is 11.6 Å². The van der Waals surface area contributed by atoms with Gasteiger partial charge in [0.2, 0.25) is 0 Å². The summed E-state index contributed by atoms with van der Waals surface area (Å²) in [6.45, 7) is 5.30. The summed E-state index contributed by atoms with van der Waals surface area (Å²) in [5, 5.41) is 13.3. The van der Waals surface area contributed by atoms with E-state index in [1.165, 1.54) is 0 Å². The Morgan fingerprint density at radius 3 is 2.45 bits per heavy atom. The number of nitrogens with one attached hydrogen (secondary N) is 1. The number of amides is 1. The van der Waals surface area contributed by atoms with Crippen LogP contribution in [0.2, 0.25) is 0 Å². The molecule has 0 unspecified atom stereocenters. The maximum Gasteiger partial charge on any atom is 0.274 e. The minimum Gasteiger partial charge on any atom is -0.508 e. The van der Waals surface area contributed by atoms with E-state index in [0.717, 1.165) is 5.56 Å². The zero-order valence-electron chi connectivity index (χ0n) is 11.6. The topological polar surface area (TPSA) is 74.8 Å². The maximum absolute atomic E-state index is 12.0. The highest BCUT2D eigenvalue weighted by atomic mass is 16.3. The molecule has 0 bridgehead atoms.